The molecule has 0 spiro atoms. The van der Waals surface area contributed by atoms with Crippen molar-refractivity contribution >= 4 is 11.9 Å². The molecule has 0 aliphatic carbocycles. The molecule has 1 atom stereocenters. The average Bonchev–Trinajstić information content (AvgIpc) is 2.10. The van der Waals surface area contributed by atoms with Crippen LogP contribution in [-0.4, -0.2) is 30.2 Å². The van der Waals surface area contributed by atoms with Crippen LogP contribution in [0.3, 0.4) is 0 Å². The van der Waals surface area contributed by atoms with Gasteiger partial charge in [0.05, 0.1) is 7.11 Å². The Morgan fingerprint density at radius 1 is 1.00 bits per heavy atom. The monoisotopic (exact) mass is 259 g/mol. The molecule has 0 fully saturated rings. The zero-order valence-electron chi connectivity index (χ0n) is 12.4. The third kappa shape index (κ3) is 5.04. The van der Waals surface area contributed by atoms with E-state index in [-0.39, 0.29) is 11.8 Å². The van der Waals surface area contributed by atoms with Gasteiger partial charge in [0.1, 0.15) is 5.60 Å². The summed E-state index contributed by atoms with van der Waals surface area (Å²) < 4.78 is 9.84. The second-order valence-corrected chi connectivity index (χ2v) is 6.70. The maximum Gasteiger partial charge on any atom is 0.338 e. The van der Waals surface area contributed by atoms with Crippen molar-refractivity contribution in [3.8, 4) is 0 Å². The Labute approximate surface area is 109 Å². The molecule has 0 aromatic heterocycles. The Morgan fingerprint density at radius 2 is 1.44 bits per heavy atom. The summed E-state index contributed by atoms with van der Waals surface area (Å²) in [6.07, 6.45) is 0.154. The van der Waals surface area contributed by atoms with Gasteiger partial charge in [0, 0.05) is 0 Å². The van der Waals surface area contributed by atoms with Crippen molar-refractivity contribution in [1.82, 2.24) is 0 Å². The fraction of sp³-hybridized carbons (Fsp3) is 0.846. The quantitative estimate of drug-likeness (QED) is 0.615. The number of ether oxygens (including phenoxy) is 2. The van der Waals surface area contributed by atoms with Crippen molar-refractivity contribution in [2.24, 2.45) is 11.1 Å². The number of hydrogen-bond acceptors (Lipinski definition) is 5. The third-order valence-electron chi connectivity index (χ3n) is 2.12. The Bertz CT molecular complexity index is 325. The first-order chi connectivity index (χ1) is 7.82. The molecule has 0 bridgehead atoms. The predicted octanol–water partition coefficient (Wildman–Crippen LogP) is 1.63. The highest BCUT2D eigenvalue weighted by Gasteiger charge is 2.48. The summed E-state index contributed by atoms with van der Waals surface area (Å²) >= 11 is 0. The largest absolute Gasteiger partial charge is 0.467 e. The smallest absolute Gasteiger partial charge is 0.338 e. The molecule has 5 heteroatoms. The molecule has 5 nitrogen and oxygen atoms in total. The van der Waals surface area contributed by atoms with Crippen molar-refractivity contribution in [3.63, 3.8) is 0 Å². The Morgan fingerprint density at radius 3 is 1.72 bits per heavy atom. The molecular formula is C13H25NO4. The summed E-state index contributed by atoms with van der Waals surface area (Å²) in [4.78, 5) is 23.9. The van der Waals surface area contributed by atoms with E-state index in [1.165, 1.54) is 7.11 Å². The van der Waals surface area contributed by atoms with E-state index in [1.807, 2.05) is 20.8 Å². The normalized spacial score (nSPS) is 15.8. The predicted molar refractivity (Wildman–Crippen MR) is 68.9 cm³/mol. The molecule has 0 heterocycles. The molecule has 0 aliphatic rings. The molecule has 0 aromatic rings. The lowest BCUT2D eigenvalue weighted by atomic mass is 9.80. The second-order valence-electron chi connectivity index (χ2n) is 6.70. The Hall–Kier alpha value is -1.10. The van der Waals surface area contributed by atoms with Gasteiger partial charge in [-0.1, -0.05) is 20.8 Å². The zero-order valence-corrected chi connectivity index (χ0v) is 12.4. The van der Waals surface area contributed by atoms with Crippen LogP contribution in [-0.2, 0) is 19.1 Å². The van der Waals surface area contributed by atoms with Crippen molar-refractivity contribution < 1.29 is 19.1 Å². The Balaban J connectivity index is 5.23. The highest BCUT2D eigenvalue weighted by atomic mass is 16.6. The van der Waals surface area contributed by atoms with Crippen LogP contribution in [0.2, 0.25) is 0 Å². The SMILES string of the molecule is COC(=O)[C@](N)(CC(C)(C)C)C(=O)OC(C)(C)C. The lowest BCUT2D eigenvalue weighted by Gasteiger charge is -2.33. The van der Waals surface area contributed by atoms with Crippen molar-refractivity contribution in [1.29, 1.82) is 0 Å². The molecule has 18 heavy (non-hydrogen) atoms. The molecule has 0 radical (unpaired) electrons. The van der Waals surface area contributed by atoms with Crippen LogP contribution < -0.4 is 5.73 Å². The van der Waals surface area contributed by atoms with Gasteiger partial charge in [0.25, 0.3) is 0 Å². The number of carbonyl (C=O) groups is 2. The summed E-state index contributed by atoms with van der Waals surface area (Å²) in [6, 6.07) is 0. The van der Waals surface area contributed by atoms with E-state index in [9.17, 15) is 9.59 Å². The molecule has 0 aliphatic heterocycles. The standard InChI is InChI=1S/C13H25NO4/c1-11(2,3)8-13(14,9(15)17-7)10(16)18-12(4,5)6/h8,14H2,1-7H3/t13-/m1/s1. The van der Waals surface area contributed by atoms with Crippen LogP contribution in [0.25, 0.3) is 0 Å². The summed E-state index contributed by atoms with van der Waals surface area (Å²) in [7, 11) is 1.21. The van der Waals surface area contributed by atoms with Gasteiger partial charge in [-0.3, -0.25) is 0 Å². The number of carbonyl (C=O) groups excluding carboxylic acids is 2. The first kappa shape index (κ1) is 16.9. The van der Waals surface area contributed by atoms with Gasteiger partial charge < -0.3 is 15.2 Å². The summed E-state index contributed by atoms with van der Waals surface area (Å²) in [5.74, 6) is -1.52. The topological polar surface area (TPSA) is 78.6 Å². The number of rotatable bonds is 3. The van der Waals surface area contributed by atoms with E-state index in [1.54, 1.807) is 20.8 Å². The van der Waals surface area contributed by atoms with Gasteiger partial charge in [-0.2, -0.15) is 0 Å². The molecule has 0 rings (SSSR count). The highest BCUT2D eigenvalue weighted by molar-refractivity contribution is 6.04. The first-order valence-electron chi connectivity index (χ1n) is 5.92. The third-order valence-corrected chi connectivity index (χ3v) is 2.12. The van der Waals surface area contributed by atoms with Crippen LogP contribution in [0, 0.1) is 5.41 Å². The van der Waals surface area contributed by atoms with Crippen LogP contribution >= 0.6 is 0 Å². The fourth-order valence-electron chi connectivity index (χ4n) is 1.62. The molecule has 0 saturated heterocycles. The van der Waals surface area contributed by atoms with Gasteiger partial charge >= 0.3 is 11.9 Å². The minimum atomic E-state index is -1.76. The number of nitrogens with two attached hydrogens (primary N) is 1. The molecule has 0 amide bonds. The first-order valence-corrected chi connectivity index (χ1v) is 5.92. The van der Waals surface area contributed by atoms with Gasteiger partial charge in [0.2, 0.25) is 5.54 Å². The van der Waals surface area contributed by atoms with Crippen molar-refractivity contribution in [2.75, 3.05) is 7.11 Å². The fourth-order valence-corrected chi connectivity index (χ4v) is 1.62. The zero-order chi connectivity index (χ0) is 14.8. The lowest BCUT2D eigenvalue weighted by molar-refractivity contribution is -0.172. The van der Waals surface area contributed by atoms with Gasteiger partial charge in [0.15, 0.2) is 0 Å². The van der Waals surface area contributed by atoms with E-state index in [4.69, 9.17) is 10.5 Å². The van der Waals surface area contributed by atoms with Crippen LogP contribution in [0.15, 0.2) is 0 Å². The van der Waals surface area contributed by atoms with Crippen LogP contribution in [0.1, 0.15) is 48.0 Å². The maximum atomic E-state index is 12.1. The lowest BCUT2D eigenvalue weighted by Crippen LogP contribution is -2.59. The molecular weight excluding hydrogens is 234 g/mol. The van der Waals surface area contributed by atoms with E-state index >= 15 is 0 Å². The van der Waals surface area contributed by atoms with Crippen molar-refractivity contribution in [3.05, 3.63) is 0 Å². The van der Waals surface area contributed by atoms with Gasteiger partial charge in [-0.05, 0) is 32.6 Å². The van der Waals surface area contributed by atoms with Crippen LogP contribution in [0.5, 0.6) is 0 Å². The van der Waals surface area contributed by atoms with Gasteiger partial charge in [-0.15, -0.1) is 0 Å². The van der Waals surface area contributed by atoms with E-state index < -0.39 is 23.1 Å². The Kier molecular flexibility index (Phi) is 4.94. The minimum absolute atomic E-state index is 0.154. The van der Waals surface area contributed by atoms with E-state index in [0.717, 1.165) is 0 Å². The number of hydrogen-bond donors (Lipinski definition) is 1. The summed E-state index contributed by atoms with van der Waals surface area (Å²) in [6.45, 7) is 10.8. The molecule has 2 N–H and O–H groups in total. The molecule has 0 aromatic carbocycles. The molecule has 0 saturated carbocycles. The van der Waals surface area contributed by atoms with Gasteiger partial charge in [-0.25, -0.2) is 9.59 Å². The van der Waals surface area contributed by atoms with E-state index in [0.29, 0.717) is 0 Å². The maximum absolute atomic E-state index is 12.1. The summed E-state index contributed by atoms with van der Waals surface area (Å²) in [5.41, 5.74) is 3.17. The molecule has 0 unspecified atom stereocenters. The van der Waals surface area contributed by atoms with E-state index in [2.05, 4.69) is 4.74 Å². The highest BCUT2D eigenvalue weighted by Crippen LogP contribution is 2.28. The average molecular weight is 259 g/mol. The minimum Gasteiger partial charge on any atom is -0.467 e. The molecule has 106 valence electrons. The van der Waals surface area contributed by atoms with Crippen molar-refractivity contribution in [2.45, 2.75) is 59.1 Å². The number of methoxy groups -OCH3 is 1. The summed E-state index contributed by atoms with van der Waals surface area (Å²) in [5, 5.41) is 0. The van der Waals surface area contributed by atoms with Crippen LogP contribution in [0.4, 0.5) is 0 Å². The number of esters is 2. The second kappa shape index (κ2) is 5.26.